The van der Waals surface area contributed by atoms with Crippen LogP contribution >= 0.6 is 0 Å². The molecule has 28 heavy (non-hydrogen) atoms. The maximum absolute atomic E-state index is 12.7. The fourth-order valence-corrected chi connectivity index (χ4v) is 3.83. The highest BCUT2D eigenvalue weighted by Crippen LogP contribution is 2.27. The van der Waals surface area contributed by atoms with E-state index in [9.17, 15) is 4.79 Å². The summed E-state index contributed by atoms with van der Waals surface area (Å²) >= 11 is 0. The molecule has 0 radical (unpaired) electrons. The summed E-state index contributed by atoms with van der Waals surface area (Å²) in [5, 5.41) is 10.4. The molecular formula is C21H25N5O2. The molecule has 7 heteroatoms. The molecule has 2 atom stereocenters. The number of amides is 2. The molecule has 7 nitrogen and oxygen atoms in total. The fraction of sp³-hybridized carbons (Fsp3) is 0.333. The van der Waals surface area contributed by atoms with Crippen molar-refractivity contribution in [3.63, 3.8) is 0 Å². The first-order valence-corrected chi connectivity index (χ1v) is 9.50. The number of nitrogens with zero attached hydrogens (tertiary/aromatic N) is 3. The monoisotopic (exact) mass is 379 g/mol. The molecule has 3 aromatic rings. The van der Waals surface area contributed by atoms with Crippen molar-refractivity contribution < 1.29 is 9.53 Å². The van der Waals surface area contributed by atoms with Crippen LogP contribution in [0, 0.1) is 0 Å². The summed E-state index contributed by atoms with van der Waals surface area (Å²) in [4.78, 5) is 15.0. The van der Waals surface area contributed by atoms with Crippen LogP contribution in [0.2, 0.25) is 0 Å². The topological polar surface area (TPSA) is 70.9 Å². The Hall–Kier alpha value is -2.90. The molecule has 0 bridgehead atoms. The SMILES string of the molecule is COCCN1C[C@@H](NC(=O)Nc2cnn3ccccc23)[C@H](c2ccccc2)C1. The van der Waals surface area contributed by atoms with Crippen molar-refractivity contribution in [2.75, 3.05) is 38.7 Å². The number of benzene rings is 1. The minimum Gasteiger partial charge on any atom is -0.383 e. The summed E-state index contributed by atoms with van der Waals surface area (Å²) in [5.74, 6) is 0.243. The lowest BCUT2D eigenvalue weighted by atomic mass is 9.94. The predicted molar refractivity (Wildman–Crippen MR) is 109 cm³/mol. The number of hydrogen-bond acceptors (Lipinski definition) is 4. The van der Waals surface area contributed by atoms with E-state index in [0.717, 1.165) is 25.2 Å². The molecule has 146 valence electrons. The smallest absolute Gasteiger partial charge is 0.319 e. The van der Waals surface area contributed by atoms with Gasteiger partial charge >= 0.3 is 6.03 Å². The van der Waals surface area contributed by atoms with Gasteiger partial charge in [-0.2, -0.15) is 5.10 Å². The number of fused-ring (bicyclic) bond motifs is 1. The number of carbonyl (C=O) groups is 1. The Morgan fingerprint density at radius 1 is 1.18 bits per heavy atom. The molecule has 0 unspecified atom stereocenters. The number of ether oxygens (including phenoxy) is 1. The van der Waals surface area contributed by atoms with Crippen LogP contribution in [-0.2, 0) is 4.74 Å². The fourth-order valence-electron chi connectivity index (χ4n) is 3.83. The highest BCUT2D eigenvalue weighted by molar-refractivity contribution is 5.94. The zero-order chi connectivity index (χ0) is 19.3. The van der Waals surface area contributed by atoms with E-state index in [-0.39, 0.29) is 18.0 Å². The first-order chi connectivity index (χ1) is 13.7. The predicted octanol–water partition coefficient (Wildman–Crippen LogP) is 2.57. The molecule has 1 aliphatic rings. The number of carbonyl (C=O) groups excluding carboxylic acids is 1. The number of hydrogen-bond donors (Lipinski definition) is 2. The number of nitrogens with one attached hydrogen (secondary N) is 2. The van der Waals surface area contributed by atoms with Gasteiger partial charge in [0.2, 0.25) is 0 Å². The first-order valence-electron chi connectivity index (χ1n) is 9.50. The second-order valence-electron chi connectivity index (χ2n) is 7.06. The van der Waals surface area contributed by atoms with Crippen LogP contribution in [0.25, 0.3) is 5.52 Å². The first kappa shape index (κ1) is 18.5. The Labute approximate surface area is 164 Å². The lowest BCUT2D eigenvalue weighted by Crippen LogP contribution is -2.42. The van der Waals surface area contributed by atoms with Crippen molar-refractivity contribution >= 4 is 17.2 Å². The van der Waals surface area contributed by atoms with Crippen molar-refractivity contribution in [3.8, 4) is 0 Å². The largest absolute Gasteiger partial charge is 0.383 e. The molecular weight excluding hydrogens is 354 g/mol. The summed E-state index contributed by atoms with van der Waals surface area (Å²) in [6, 6.07) is 15.9. The minimum atomic E-state index is -0.210. The van der Waals surface area contributed by atoms with Crippen molar-refractivity contribution in [1.82, 2.24) is 19.8 Å². The summed E-state index contributed by atoms with van der Waals surface area (Å²) < 4.78 is 6.96. The highest BCUT2D eigenvalue weighted by Gasteiger charge is 2.34. The van der Waals surface area contributed by atoms with E-state index in [1.807, 2.05) is 42.6 Å². The Bertz CT molecular complexity index is 927. The number of pyridine rings is 1. The Morgan fingerprint density at radius 3 is 2.82 bits per heavy atom. The van der Waals surface area contributed by atoms with Crippen LogP contribution in [0.15, 0.2) is 60.9 Å². The minimum absolute atomic E-state index is 0.0288. The third kappa shape index (κ3) is 4.00. The van der Waals surface area contributed by atoms with Gasteiger partial charge in [-0.1, -0.05) is 36.4 Å². The van der Waals surface area contributed by atoms with E-state index >= 15 is 0 Å². The van der Waals surface area contributed by atoms with Gasteiger partial charge < -0.3 is 15.4 Å². The zero-order valence-corrected chi connectivity index (χ0v) is 15.9. The second kappa shape index (κ2) is 8.41. The molecule has 0 spiro atoms. The van der Waals surface area contributed by atoms with Crippen LogP contribution in [0.3, 0.4) is 0 Å². The number of methoxy groups -OCH3 is 1. The van der Waals surface area contributed by atoms with Gasteiger partial charge in [-0.3, -0.25) is 4.90 Å². The second-order valence-corrected chi connectivity index (χ2v) is 7.06. The van der Waals surface area contributed by atoms with E-state index in [0.29, 0.717) is 12.3 Å². The van der Waals surface area contributed by atoms with Gasteiger partial charge in [0.15, 0.2) is 0 Å². The Morgan fingerprint density at radius 2 is 2.00 bits per heavy atom. The lowest BCUT2D eigenvalue weighted by molar-refractivity contribution is 0.159. The van der Waals surface area contributed by atoms with E-state index in [4.69, 9.17) is 4.74 Å². The molecule has 2 aromatic heterocycles. The van der Waals surface area contributed by atoms with Crippen molar-refractivity contribution in [2.24, 2.45) is 0 Å². The molecule has 0 aliphatic carbocycles. The molecule has 1 aromatic carbocycles. The average Bonchev–Trinajstić information content (AvgIpc) is 3.31. The normalized spacial score (nSPS) is 19.8. The van der Waals surface area contributed by atoms with Gasteiger partial charge in [0, 0.05) is 38.9 Å². The summed E-state index contributed by atoms with van der Waals surface area (Å²) in [7, 11) is 1.71. The number of likely N-dealkylation sites (tertiary alicyclic amines) is 1. The third-order valence-electron chi connectivity index (χ3n) is 5.23. The van der Waals surface area contributed by atoms with Gasteiger partial charge in [0.1, 0.15) is 0 Å². The number of urea groups is 1. The van der Waals surface area contributed by atoms with Crippen molar-refractivity contribution in [1.29, 1.82) is 0 Å². The van der Waals surface area contributed by atoms with Gasteiger partial charge in [-0.15, -0.1) is 0 Å². The third-order valence-corrected chi connectivity index (χ3v) is 5.23. The van der Waals surface area contributed by atoms with Crippen LogP contribution < -0.4 is 10.6 Å². The summed E-state index contributed by atoms with van der Waals surface area (Å²) in [5.41, 5.74) is 2.80. The molecule has 2 amide bonds. The van der Waals surface area contributed by atoms with Gasteiger partial charge in [-0.25, -0.2) is 9.31 Å². The molecule has 1 fully saturated rings. The number of anilines is 1. The van der Waals surface area contributed by atoms with E-state index in [1.54, 1.807) is 17.8 Å². The number of rotatable bonds is 6. The quantitative estimate of drug-likeness (QED) is 0.691. The van der Waals surface area contributed by atoms with E-state index in [1.165, 1.54) is 5.56 Å². The van der Waals surface area contributed by atoms with Crippen LogP contribution in [0.5, 0.6) is 0 Å². The maximum Gasteiger partial charge on any atom is 0.319 e. The summed E-state index contributed by atoms with van der Waals surface area (Å²) in [6.07, 6.45) is 3.53. The van der Waals surface area contributed by atoms with Gasteiger partial charge in [0.25, 0.3) is 0 Å². The zero-order valence-electron chi connectivity index (χ0n) is 15.9. The maximum atomic E-state index is 12.7. The summed E-state index contributed by atoms with van der Waals surface area (Å²) in [6.45, 7) is 3.23. The molecule has 1 aliphatic heterocycles. The molecule has 0 saturated carbocycles. The number of aromatic nitrogens is 2. The van der Waals surface area contributed by atoms with Crippen LogP contribution in [-0.4, -0.2) is 59.9 Å². The van der Waals surface area contributed by atoms with Crippen LogP contribution in [0.1, 0.15) is 11.5 Å². The standard InChI is InChI=1S/C21H25N5O2/c1-28-12-11-25-14-17(16-7-3-2-4-8-16)19(15-25)24-21(27)23-18-13-22-26-10-6-5-9-20(18)26/h2-10,13,17,19H,11-12,14-15H2,1H3,(H2,23,24,27)/t17-,19+/m0/s1. The van der Waals surface area contributed by atoms with Gasteiger partial charge in [0.05, 0.1) is 30.0 Å². The molecule has 2 N–H and O–H groups in total. The lowest BCUT2D eigenvalue weighted by Gasteiger charge is -2.20. The van der Waals surface area contributed by atoms with Crippen molar-refractivity contribution in [3.05, 3.63) is 66.5 Å². The van der Waals surface area contributed by atoms with Crippen LogP contribution in [0.4, 0.5) is 10.5 Å². The van der Waals surface area contributed by atoms with Gasteiger partial charge in [-0.05, 0) is 17.7 Å². The van der Waals surface area contributed by atoms with Crippen molar-refractivity contribution in [2.45, 2.75) is 12.0 Å². The Kier molecular flexibility index (Phi) is 5.55. The highest BCUT2D eigenvalue weighted by atomic mass is 16.5. The molecule has 4 rings (SSSR count). The molecule has 1 saturated heterocycles. The Balaban J connectivity index is 1.46. The average molecular weight is 379 g/mol. The van der Waals surface area contributed by atoms with E-state index in [2.05, 4.69) is 32.8 Å². The molecule has 3 heterocycles. The van der Waals surface area contributed by atoms with E-state index < -0.39 is 0 Å².